The fourth-order valence-electron chi connectivity index (χ4n) is 3.45. The molecule has 0 spiro atoms. The summed E-state index contributed by atoms with van der Waals surface area (Å²) >= 11 is 13.6. The van der Waals surface area contributed by atoms with Gasteiger partial charge >= 0.3 is 0 Å². The lowest BCUT2D eigenvalue weighted by atomic mass is 10.2. The van der Waals surface area contributed by atoms with Crippen molar-refractivity contribution in [1.29, 1.82) is 0 Å². The van der Waals surface area contributed by atoms with Crippen LogP contribution in [0.2, 0.25) is 10.0 Å². The fourth-order valence-corrected chi connectivity index (χ4v) is 6.22. The third-order valence-corrected chi connectivity index (χ3v) is 8.89. The number of anilines is 1. The number of benzene rings is 2. The van der Waals surface area contributed by atoms with Crippen molar-refractivity contribution >= 4 is 65.6 Å². The Balaban J connectivity index is 1.55. The number of carbonyl (C=O) groups is 1. The summed E-state index contributed by atoms with van der Waals surface area (Å²) < 4.78 is 26.1. The van der Waals surface area contributed by atoms with Gasteiger partial charge in [0.15, 0.2) is 15.0 Å². The molecule has 0 bridgehead atoms. The van der Waals surface area contributed by atoms with E-state index < -0.39 is 9.84 Å². The summed E-state index contributed by atoms with van der Waals surface area (Å²) in [6.07, 6.45) is 3.56. The van der Waals surface area contributed by atoms with Gasteiger partial charge in [-0.3, -0.25) is 14.7 Å². The smallest absolute Gasteiger partial charge is 0.229 e. The molecule has 2 aromatic heterocycles. The number of halogens is 2. The summed E-state index contributed by atoms with van der Waals surface area (Å²) in [7, 11) is -3.52. The third-order valence-electron chi connectivity index (χ3n) is 5.28. The van der Waals surface area contributed by atoms with Crippen molar-refractivity contribution in [3.63, 3.8) is 0 Å². The molecule has 0 aliphatic carbocycles. The van der Waals surface area contributed by atoms with Gasteiger partial charge in [0.05, 0.1) is 32.4 Å². The first-order valence-corrected chi connectivity index (χ1v) is 13.7. The second-order valence-corrected chi connectivity index (χ2v) is 11.7. The van der Waals surface area contributed by atoms with Crippen LogP contribution in [0.3, 0.4) is 0 Å². The van der Waals surface area contributed by atoms with Crippen LogP contribution in [0, 0.1) is 6.92 Å². The minimum atomic E-state index is -3.52. The molecule has 0 N–H and O–H groups in total. The van der Waals surface area contributed by atoms with Gasteiger partial charge < -0.3 is 0 Å². The largest absolute Gasteiger partial charge is 0.284 e. The van der Waals surface area contributed by atoms with Crippen LogP contribution < -0.4 is 4.90 Å². The molecule has 2 aromatic carbocycles. The minimum absolute atomic E-state index is 0.0561. The highest BCUT2D eigenvalue weighted by Crippen LogP contribution is 2.36. The van der Waals surface area contributed by atoms with Gasteiger partial charge in [0.25, 0.3) is 0 Å². The molecule has 176 valence electrons. The Morgan fingerprint density at radius 2 is 1.74 bits per heavy atom. The van der Waals surface area contributed by atoms with Gasteiger partial charge in [-0.2, -0.15) is 0 Å². The Hall–Kier alpha value is -2.52. The molecule has 34 heavy (non-hydrogen) atoms. The summed E-state index contributed by atoms with van der Waals surface area (Å²) in [6, 6.07) is 13.4. The monoisotopic (exact) mass is 533 g/mol. The molecule has 0 unspecified atom stereocenters. The maximum absolute atomic E-state index is 13.3. The van der Waals surface area contributed by atoms with E-state index in [4.69, 9.17) is 28.2 Å². The van der Waals surface area contributed by atoms with Crippen molar-refractivity contribution in [3.05, 3.63) is 82.1 Å². The van der Waals surface area contributed by atoms with Gasteiger partial charge in [-0.1, -0.05) is 40.6 Å². The highest BCUT2D eigenvalue weighted by Gasteiger charge is 2.23. The van der Waals surface area contributed by atoms with E-state index in [2.05, 4.69) is 4.98 Å². The SMILES string of the molecule is Cc1ccc(Cl)c2sc(N(Cc3ccncc3)C(=O)CCCS(=O)(=O)c3ccc(Cl)cc3)nc12. The highest BCUT2D eigenvalue weighted by molar-refractivity contribution is 7.91. The van der Waals surface area contributed by atoms with Crippen molar-refractivity contribution < 1.29 is 13.2 Å². The number of hydrogen-bond acceptors (Lipinski definition) is 6. The molecular weight excluding hydrogens is 513 g/mol. The first-order valence-electron chi connectivity index (χ1n) is 10.5. The van der Waals surface area contributed by atoms with E-state index in [9.17, 15) is 13.2 Å². The first kappa shape index (κ1) is 24.6. The van der Waals surface area contributed by atoms with Crippen molar-refractivity contribution in [2.75, 3.05) is 10.7 Å². The number of hydrogen-bond donors (Lipinski definition) is 0. The normalized spacial score (nSPS) is 11.6. The van der Waals surface area contributed by atoms with Gasteiger partial charge in [0.1, 0.15) is 0 Å². The van der Waals surface area contributed by atoms with Crippen molar-refractivity contribution in [2.24, 2.45) is 0 Å². The van der Waals surface area contributed by atoms with Crippen molar-refractivity contribution in [1.82, 2.24) is 9.97 Å². The quantitative estimate of drug-likeness (QED) is 0.273. The molecule has 0 radical (unpaired) electrons. The molecule has 4 aromatic rings. The van der Waals surface area contributed by atoms with Gasteiger partial charge in [-0.15, -0.1) is 0 Å². The predicted octanol–water partition coefficient (Wildman–Crippen LogP) is 6.09. The second-order valence-electron chi connectivity index (χ2n) is 7.75. The molecule has 0 saturated carbocycles. The average Bonchev–Trinajstić information content (AvgIpc) is 3.27. The molecule has 0 aliphatic rings. The zero-order valence-electron chi connectivity index (χ0n) is 18.2. The number of thiazole rings is 1. The Labute approximate surface area is 212 Å². The van der Waals surface area contributed by atoms with Gasteiger partial charge in [-0.25, -0.2) is 13.4 Å². The van der Waals surface area contributed by atoms with E-state index in [1.807, 2.05) is 31.2 Å². The van der Waals surface area contributed by atoms with E-state index in [0.717, 1.165) is 21.3 Å². The molecule has 4 rings (SSSR count). The van der Waals surface area contributed by atoms with Crippen molar-refractivity contribution in [2.45, 2.75) is 31.2 Å². The maximum Gasteiger partial charge on any atom is 0.229 e. The maximum atomic E-state index is 13.3. The van der Waals surface area contributed by atoms with E-state index >= 15 is 0 Å². The molecule has 0 atom stereocenters. The number of fused-ring (bicyclic) bond motifs is 1. The van der Waals surface area contributed by atoms with Crippen LogP contribution in [-0.2, 0) is 21.2 Å². The number of sulfone groups is 1. The highest BCUT2D eigenvalue weighted by atomic mass is 35.5. The van der Waals surface area contributed by atoms with E-state index in [0.29, 0.717) is 21.7 Å². The van der Waals surface area contributed by atoms with Crippen LogP contribution in [0.1, 0.15) is 24.0 Å². The van der Waals surface area contributed by atoms with Crippen molar-refractivity contribution in [3.8, 4) is 0 Å². The minimum Gasteiger partial charge on any atom is -0.284 e. The third kappa shape index (κ3) is 5.58. The molecule has 2 heterocycles. The molecule has 0 fully saturated rings. The number of carbonyl (C=O) groups excluding carboxylic acids is 1. The van der Waals surface area contributed by atoms with Gasteiger partial charge in [0.2, 0.25) is 5.91 Å². The lowest BCUT2D eigenvalue weighted by molar-refractivity contribution is -0.118. The standard InChI is InChI=1S/C24H21Cl2N3O3S2/c1-16-4-9-20(26)23-22(16)28-24(33-23)29(15-17-10-12-27-13-11-17)21(30)3-2-14-34(31,32)19-7-5-18(25)6-8-19/h4-13H,2-3,14-15H2,1H3. The Morgan fingerprint density at radius 1 is 1.03 bits per heavy atom. The molecule has 6 nitrogen and oxygen atoms in total. The van der Waals surface area contributed by atoms with Crippen LogP contribution in [0.25, 0.3) is 10.2 Å². The van der Waals surface area contributed by atoms with E-state index in [1.54, 1.807) is 17.3 Å². The molecular formula is C24H21Cl2N3O3S2. The molecule has 0 aliphatic heterocycles. The van der Waals surface area contributed by atoms with E-state index in [1.165, 1.54) is 35.6 Å². The predicted molar refractivity (Wildman–Crippen MR) is 138 cm³/mol. The number of pyridine rings is 1. The Kier molecular flexibility index (Phi) is 7.52. The molecule has 0 saturated heterocycles. The van der Waals surface area contributed by atoms with Gasteiger partial charge in [0, 0.05) is 23.8 Å². The molecule has 10 heteroatoms. The summed E-state index contributed by atoms with van der Waals surface area (Å²) in [5, 5.41) is 1.57. The lowest BCUT2D eigenvalue weighted by Crippen LogP contribution is -2.30. The summed E-state index contributed by atoms with van der Waals surface area (Å²) in [4.78, 5) is 23.8. The molecule has 1 amide bonds. The Morgan fingerprint density at radius 3 is 2.41 bits per heavy atom. The zero-order chi connectivity index (χ0) is 24.3. The topological polar surface area (TPSA) is 80.2 Å². The number of rotatable bonds is 8. The summed E-state index contributed by atoms with van der Waals surface area (Å²) in [5.74, 6) is -0.357. The number of amides is 1. The number of aryl methyl sites for hydroxylation is 1. The first-order chi connectivity index (χ1) is 16.2. The van der Waals surface area contributed by atoms with Crippen LogP contribution in [-0.4, -0.2) is 30.0 Å². The summed E-state index contributed by atoms with van der Waals surface area (Å²) in [6.45, 7) is 2.24. The number of aromatic nitrogens is 2. The van der Waals surface area contributed by atoms with Gasteiger partial charge in [-0.05, 0) is 66.9 Å². The summed E-state index contributed by atoms with van der Waals surface area (Å²) in [5.41, 5.74) is 2.61. The van der Waals surface area contributed by atoms with E-state index in [-0.39, 0.29) is 29.4 Å². The number of nitrogens with zero attached hydrogens (tertiary/aromatic N) is 3. The lowest BCUT2D eigenvalue weighted by Gasteiger charge is -2.20. The Bertz CT molecular complexity index is 1380. The zero-order valence-corrected chi connectivity index (χ0v) is 21.4. The second kappa shape index (κ2) is 10.4. The fraction of sp³-hybridized carbons (Fsp3) is 0.208. The van der Waals surface area contributed by atoms with Crippen LogP contribution >= 0.6 is 34.5 Å². The average molecular weight is 534 g/mol. The van der Waals surface area contributed by atoms with Crippen LogP contribution in [0.4, 0.5) is 5.13 Å². The van der Waals surface area contributed by atoms with Crippen LogP contribution in [0.5, 0.6) is 0 Å². The van der Waals surface area contributed by atoms with Crippen LogP contribution in [0.15, 0.2) is 65.8 Å².